The minimum Gasteiger partial charge on any atom is -0.393 e. The van der Waals surface area contributed by atoms with Crippen molar-refractivity contribution in [3.8, 4) is 0 Å². The molecular weight excluding hydrogens is 296 g/mol. The Balaban J connectivity index is 1.69. The van der Waals surface area contributed by atoms with Gasteiger partial charge < -0.3 is 10.2 Å². The first-order valence-electron chi connectivity index (χ1n) is 9.10. The van der Waals surface area contributed by atoms with E-state index in [1.165, 1.54) is 25.7 Å². The average molecular weight is 325 g/mol. The molecule has 0 aromatic rings. The molecule has 3 heteroatoms. The molecule has 0 amide bonds. The molecule has 0 heterocycles. The molecule has 0 saturated heterocycles. The van der Waals surface area contributed by atoms with E-state index >= 15 is 0 Å². The number of rotatable bonds is 0. The quantitative estimate of drug-likeness (QED) is 0.704. The van der Waals surface area contributed by atoms with Crippen LogP contribution < -0.4 is 0 Å². The lowest BCUT2D eigenvalue weighted by molar-refractivity contribution is -0.0998. The highest BCUT2D eigenvalue weighted by molar-refractivity contribution is 6.30. The third kappa shape index (κ3) is 1.93. The molecule has 3 fully saturated rings. The molecule has 4 aliphatic rings. The van der Waals surface area contributed by atoms with E-state index in [1.807, 2.05) is 0 Å². The molecule has 124 valence electrons. The molecule has 2 nitrogen and oxygen atoms in total. The van der Waals surface area contributed by atoms with E-state index in [2.05, 4.69) is 19.9 Å². The Morgan fingerprint density at radius 2 is 1.82 bits per heavy atom. The van der Waals surface area contributed by atoms with Crippen LogP contribution in [0.5, 0.6) is 0 Å². The average Bonchev–Trinajstić information content (AvgIpc) is 2.77. The van der Waals surface area contributed by atoms with E-state index in [0.29, 0.717) is 22.8 Å². The number of fused-ring (bicyclic) bond motifs is 5. The summed E-state index contributed by atoms with van der Waals surface area (Å²) in [4.78, 5) is 0. The van der Waals surface area contributed by atoms with Crippen molar-refractivity contribution in [2.75, 3.05) is 0 Å². The van der Waals surface area contributed by atoms with Crippen molar-refractivity contribution in [3.05, 3.63) is 11.1 Å². The molecule has 22 heavy (non-hydrogen) atoms. The van der Waals surface area contributed by atoms with Crippen LogP contribution >= 0.6 is 11.6 Å². The van der Waals surface area contributed by atoms with E-state index in [0.717, 1.165) is 25.2 Å². The second-order valence-electron chi connectivity index (χ2n) is 8.94. The largest absolute Gasteiger partial charge is 0.393 e. The van der Waals surface area contributed by atoms with Crippen molar-refractivity contribution in [3.63, 3.8) is 0 Å². The number of aliphatic hydroxyl groups is 2. The lowest BCUT2D eigenvalue weighted by Gasteiger charge is -2.59. The van der Waals surface area contributed by atoms with Gasteiger partial charge in [0.15, 0.2) is 0 Å². The van der Waals surface area contributed by atoms with Crippen LogP contribution in [0.25, 0.3) is 0 Å². The summed E-state index contributed by atoms with van der Waals surface area (Å²) >= 11 is 6.34. The van der Waals surface area contributed by atoms with Crippen LogP contribution in [0.4, 0.5) is 0 Å². The maximum Gasteiger partial charge on any atom is 0.0895 e. The Bertz CT molecular complexity index is 504. The number of aliphatic hydroxyl groups excluding tert-OH is 2. The molecule has 0 radical (unpaired) electrons. The molecule has 4 aliphatic carbocycles. The third-order valence-electron chi connectivity index (χ3n) is 8.19. The number of hydrogen-bond acceptors (Lipinski definition) is 2. The first-order chi connectivity index (χ1) is 10.4. The van der Waals surface area contributed by atoms with Gasteiger partial charge in [-0.3, -0.25) is 0 Å². The Labute approximate surface area is 138 Å². The zero-order chi connectivity index (χ0) is 15.7. The number of allylic oxidation sites excluding steroid dienone is 1. The van der Waals surface area contributed by atoms with Crippen LogP contribution in [0, 0.1) is 34.5 Å². The summed E-state index contributed by atoms with van der Waals surface area (Å²) in [5.74, 6) is 2.66. The first-order valence-corrected chi connectivity index (χ1v) is 9.48. The Hall–Kier alpha value is -0.0500. The van der Waals surface area contributed by atoms with Crippen LogP contribution in [0.1, 0.15) is 58.8 Å². The summed E-state index contributed by atoms with van der Waals surface area (Å²) in [7, 11) is 0. The summed E-state index contributed by atoms with van der Waals surface area (Å²) in [5.41, 5.74) is 0.292. The lowest BCUT2D eigenvalue weighted by atomic mass is 9.46. The Morgan fingerprint density at radius 3 is 2.59 bits per heavy atom. The summed E-state index contributed by atoms with van der Waals surface area (Å²) in [5, 5.41) is 21.3. The number of hydrogen-bond donors (Lipinski definition) is 2. The zero-order valence-corrected chi connectivity index (χ0v) is 14.5. The molecule has 0 aromatic carbocycles. The van der Waals surface area contributed by atoms with Crippen LogP contribution in [0.2, 0.25) is 0 Å². The molecular formula is C19H29ClO2. The highest BCUT2D eigenvalue weighted by Gasteiger charge is 2.59. The number of halogens is 1. The van der Waals surface area contributed by atoms with Crippen molar-refractivity contribution in [2.24, 2.45) is 34.5 Å². The fourth-order valence-electron chi connectivity index (χ4n) is 6.81. The molecule has 0 aromatic heterocycles. The van der Waals surface area contributed by atoms with Crippen LogP contribution in [-0.2, 0) is 0 Å². The van der Waals surface area contributed by atoms with Crippen LogP contribution in [0.15, 0.2) is 11.1 Å². The van der Waals surface area contributed by atoms with Crippen molar-refractivity contribution in [1.29, 1.82) is 0 Å². The molecule has 0 bridgehead atoms. The normalized spacial score (nSPS) is 57.6. The van der Waals surface area contributed by atoms with Crippen molar-refractivity contribution in [2.45, 2.75) is 71.0 Å². The molecule has 3 saturated carbocycles. The Kier molecular flexibility index (Phi) is 3.50. The van der Waals surface area contributed by atoms with E-state index in [4.69, 9.17) is 11.6 Å². The SMILES string of the molecule is C[C@]12C=C(Cl)[C@H](O)C[C@@H]1CC[C@@H]1[C@@H]2CC[C@]2(C)[C@@H](O)CC[C@@H]12. The van der Waals surface area contributed by atoms with Gasteiger partial charge in [-0.25, -0.2) is 0 Å². The van der Waals surface area contributed by atoms with Gasteiger partial charge in [0.25, 0.3) is 0 Å². The van der Waals surface area contributed by atoms with Gasteiger partial charge in [0.2, 0.25) is 0 Å². The zero-order valence-electron chi connectivity index (χ0n) is 13.8. The summed E-state index contributed by atoms with van der Waals surface area (Å²) in [6.45, 7) is 4.71. The standard InChI is InChI=1S/C19H29ClO2/c1-18-8-7-14-12(13(18)5-6-17(18)22)4-3-11-9-16(21)15(20)10-19(11,14)2/h10-14,16-17,21-22H,3-9H2,1-2H3/t11-,12-,13-,14-,16+,17-,18-,19-/m0/s1. The van der Waals surface area contributed by atoms with Gasteiger partial charge in [-0.1, -0.05) is 31.5 Å². The van der Waals surface area contributed by atoms with Gasteiger partial charge in [-0.2, -0.15) is 0 Å². The summed E-state index contributed by atoms with van der Waals surface area (Å²) in [6, 6.07) is 0. The second kappa shape index (κ2) is 4.97. The lowest BCUT2D eigenvalue weighted by Crippen LogP contribution is -2.53. The van der Waals surface area contributed by atoms with Crippen molar-refractivity contribution >= 4 is 11.6 Å². The minimum atomic E-state index is -0.446. The predicted molar refractivity (Wildman–Crippen MR) is 88.4 cm³/mol. The highest BCUT2D eigenvalue weighted by Crippen LogP contribution is 2.65. The summed E-state index contributed by atoms with van der Waals surface area (Å²) < 4.78 is 0. The fraction of sp³-hybridized carbons (Fsp3) is 0.895. The van der Waals surface area contributed by atoms with Gasteiger partial charge in [0, 0.05) is 5.03 Å². The van der Waals surface area contributed by atoms with Crippen LogP contribution in [-0.4, -0.2) is 22.4 Å². The van der Waals surface area contributed by atoms with E-state index < -0.39 is 6.10 Å². The molecule has 2 N–H and O–H groups in total. The smallest absolute Gasteiger partial charge is 0.0895 e. The van der Waals surface area contributed by atoms with Gasteiger partial charge in [0.05, 0.1) is 12.2 Å². The molecule has 0 spiro atoms. The maximum absolute atomic E-state index is 10.5. The van der Waals surface area contributed by atoms with Gasteiger partial charge in [-0.15, -0.1) is 0 Å². The van der Waals surface area contributed by atoms with E-state index in [1.54, 1.807) is 0 Å². The highest BCUT2D eigenvalue weighted by atomic mass is 35.5. The molecule has 4 rings (SSSR count). The maximum atomic E-state index is 10.5. The van der Waals surface area contributed by atoms with Crippen LogP contribution in [0.3, 0.4) is 0 Å². The van der Waals surface area contributed by atoms with Gasteiger partial charge in [-0.05, 0) is 79.4 Å². The molecule has 8 atom stereocenters. The fourth-order valence-corrected chi connectivity index (χ4v) is 7.14. The molecule has 0 unspecified atom stereocenters. The van der Waals surface area contributed by atoms with Gasteiger partial charge >= 0.3 is 0 Å². The predicted octanol–water partition coefficient (Wildman–Crippen LogP) is 4.09. The minimum absolute atomic E-state index is 0.101. The second-order valence-corrected chi connectivity index (χ2v) is 9.37. The van der Waals surface area contributed by atoms with E-state index in [-0.39, 0.29) is 16.9 Å². The topological polar surface area (TPSA) is 40.5 Å². The monoisotopic (exact) mass is 324 g/mol. The third-order valence-corrected chi connectivity index (χ3v) is 8.55. The first kappa shape index (κ1) is 15.5. The van der Waals surface area contributed by atoms with Crippen molar-refractivity contribution < 1.29 is 10.2 Å². The van der Waals surface area contributed by atoms with Gasteiger partial charge in [0.1, 0.15) is 0 Å². The summed E-state index contributed by atoms with van der Waals surface area (Å²) in [6.07, 6.45) is 9.51. The Morgan fingerprint density at radius 1 is 1.05 bits per heavy atom. The molecule has 0 aliphatic heterocycles. The van der Waals surface area contributed by atoms with E-state index in [9.17, 15) is 10.2 Å². The van der Waals surface area contributed by atoms with Crippen molar-refractivity contribution in [1.82, 2.24) is 0 Å².